The Morgan fingerprint density at radius 3 is 2.79 bits per heavy atom. The zero-order chi connectivity index (χ0) is 13.4. The summed E-state index contributed by atoms with van der Waals surface area (Å²) in [5.41, 5.74) is 7.38. The fraction of sp³-hybridized carbons (Fsp3) is 0.312. The Morgan fingerprint density at radius 1 is 1.21 bits per heavy atom. The van der Waals surface area contributed by atoms with Crippen LogP contribution in [0.25, 0.3) is 11.3 Å². The molecule has 2 aromatic rings. The highest BCUT2D eigenvalue weighted by Crippen LogP contribution is 2.30. The van der Waals surface area contributed by atoms with E-state index in [9.17, 15) is 0 Å². The van der Waals surface area contributed by atoms with Gasteiger partial charge in [-0.2, -0.15) is 0 Å². The van der Waals surface area contributed by atoms with Crippen molar-refractivity contribution in [1.82, 2.24) is 10.3 Å². The molecule has 0 amide bonds. The molecule has 3 nitrogen and oxygen atoms in total. The van der Waals surface area contributed by atoms with Crippen molar-refractivity contribution >= 4 is 0 Å². The Hall–Kier alpha value is -1.87. The van der Waals surface area contributed by atoms with Crippen LogP contribution >= 0.6 is 0 Å². The van der Waals surface area contributed by atoms with Gasteiger partial charge in [-0.05, 0) is 54.3 Å². The van der Waals surface area contributed by atoms with Crippen molar-refractivity contribution in [2.24, 2.45) is 0 Å². The maximum absolute atomic E-state index is 5.31. The molecule has 3 rings (SSSR count). The van der Waals surface area contributed by atoms with Crippen LogP contribution in [-0.4, -0.2) is 12.1 Å². The second-order valence-corrected chi connectivity index (χ2v) is 5.02. The number of pyridine rings is 1. The molecular formula is C16H18N2O. The topological polar surface area (TPSA) is 34.1 Å². The number of aryl methyl sites for hydroxylation is 1. The minimum absolute atomic E-state index is 0.921. The summed E-state index contributed by atoms with van der Waals surface area (Å²) in [6.07, 6.45) is 2.00. The Labute approximate surface area is 113 Å². The standard InChI is InChI=1S/C16H18N2O/c1-10-6-12(4-5-15(10)19-3)16-11(2)14-9-17-7-13(14)8-18-16/h4-6,8,17H,7,9H2,1-3H3. The van der Waals surface area contributed by atoms with Gasteiger partial charge in [0.2, 0.25) is 0 Å². The molecule has 0 atom stereocenters. The van der Waals surface area contributed by atoms with Crippen LogP contribution in [0.15, 0.2) is 24.4 Å². The van der Waals surface area contributed by atoms with Crippen LogP contribution in [0.1, 0.15) is 22.3 Å². The summed E-state index contributed by atoms with van der Waals surface area (Å²) >= 11 is 0. The number of hydrogen-bond donors (Lipinski definition) is 1. The molecule has 19 heavy (non-hydrogen) atoms. The van der Waals surface area contributed by atoms with Crippen molar-refractivity contribution in [2.75, 3.05) is 7.11 Å². The second-order valence-electron chi connectivity index (χ2n) is 5.02. The van der Waals surface area contributed by atoms with Gasteiger partial charge < -0.3 is 10.1 Å². The Balaban J connectivity index is 2.10. The molecule has 0 fully saturated rings. The van der Waals surface area contributed by atoms with Gasteiger partial charge in [0.1, 0.15) is 5.75 Å². The summed E-state index contributed by atoms with van der Waals surface area (Å²) in [5.74, 6) is 0.921. The number of nitrogens with one attached hydrogen (secondary N) is 1. The number of aromatic nitrogens is 1. The first-order chi connectivity index (χ1) is 9.20. The van der Waals surface area contributed by atoms with Gasteiger partial charge in [-0.15, -0.1) is 0 Å². The van der Waals surface area contributed by atoms with Gasteiger partial charge >= 0.3 is 0 Å². The van der Waals surface area contributed by atoms with E-state index in [4.69, 9.17) is 4.74 Å². The lowest BCUT2D eigenvalue weighted by atomic mass is 9.99. The van der Waals surface area contributed by atoms with Crippen molar-refractivity contribution < 1.29 is 4.74 Å². The third-order valence-corrected chi connectivity index (χ3v) is 3.83. The Morgan fingerprint density at radius 2 is 2.05 bits per heavy atom. The molecule has 0 radical (unpaired) electrons. The smallest absolute Gasteiger partial charge is 0.121 e. The summed E-state index contributed by atoms with van der Waals surface area (Å²) in [6, 6.07) is 6.23. The first kappa shape index (κ1) is 12.2. The van der Waals surface area contributed by atoms with Crippen LogP contribution in [0.3, 0.4) is 0 Å². The lowest BCUT2D eigenvalue weighted by molar-refractivity contribution is 0.412. The fourth-order valence-electron chi connectivity index (χ4n) is 2.74. The SMILES string of the molecule is COc1ccc(-c2ncc3c(c2C)CNC3)cc1C. The van der Waals surface area contributed by atoms with E-state index in [0.717, 1.165) is 35.7 Å². The molecule has 1 aliphatic heterocycles. The fourth-order valence-corrected chi connectivity index (χ4v) is 2.74. The van der Waals surface area contributed by atoms with Crippen molar-refractivity contribution in [3.05, 3.63) is 46.6 Å². The van der Waals surface area contributed by atoms with E-state index in [1.807, 2.05) is 12.3 Å². The van der Waals surface area contributed by atoms with E-state index in [-0.39, 0.29) is 0 Å². The molecule has 1 N–H and O–H groups in total. The molecule has 2 heterocycles. The van der Waals surface area contributed by atoms with Gasteiger partial charge in [0, 0.05) is 24.8 Å². The molecule has 0 bridgehead atoms. The first-order valence-electron chi connectivity index (χ1n) is 6.54. The van der Waals surface area contributed by atoms with Crippen LogP contribution in [-0.2, 0) is 13.1 Å². The highest BCUT2D eigenvalue weighted by molar-refractivity contribution is 5.67. The van der Waals surface area contributed by atoms with Gasteiger partial charge in [0.05, 0.1) is 12.8 Å². The molecule has 1 aromatic carbocycles. The number of nitrogens with zero attached hydrogens (tertiary/aromatic N) is 1. The van der Waals surface area contributed by atoms with Gasteiger partial charge in [-0.3, -0.25) is 4.98 Å². The van der Waals surface area contributed by atoms with Crippen molar-refractivity contribution in [1.29, 1.82) is 0 Å². The number of methoxy groups -OCH3 is 1. The van der Waals surface area contributed by atoms with E-state index in [1.165, 1.54) is 16.7 Å². The van der Waals surface area contributed by atoms with Gasteiger partial charge in [-0.1, -0.05) is 0 Å². The van der Waals surface area contributed by atoms with Crippen LogP contribution in [0, 0.1) is 13.8 Å². The lowest BCUT2D eigenvalue weighted by Crippen LogP contribution is -2.00. The van der Waals surface area contributed by atoms with E-state index < -0.39 is 0 Å². The van der Waals surface area contributed by atoms with Crippen molar-refractivity contribution in [2.45, 2.75) is 26.9 Å². The predicted molar refractivity (Wildman–Crippen MR) is 76.2 cm³/mol. The molecule has 0 unspecified atom stereocenters. The zero-order valence-corrected chi connectivity index (χ0v) is 11.6. The van der Waals surface area contributed by atoms with Crippen LogP contribution in [0.5, 0.6) is 5.75 Å². The summed E-state index contributed by atoms with van der Waals surface area (Å²) < 4.78 is 5.31. The Kier molecular flexibility index (Phi) is 2.99. The summed E-state index contributed by atoms with van der Waals surface area (Å²) in [4.78, 5) is 4.64. The molecule has 1 aromatic heterocycles. The third kappa shape index (κ3) is 2.00. The number of benzene rings is 1. The monoisotopic (exact) mass is 254 g/mol. The summed E-state index contributed by atoms with van der Waals surface area (Å²) in [6.45, 7) is 6.11. The number of fused-ring (bicyclic) bond motifs is 1. The largest absolute Gasteiger partial charge is 0.496 e. The molecule has 98 valence electrons. The average molecular weight is 254 g/mol. The summed E-state index contributed by atoms with van der Waals surface area (Å²) in [7, 11) is 1.70. The zero-order valence-electron chi connectivity index (χ0n) is 11.6. The normalized spacial score (nSPS) is 13.4. The molecule has 0 spiro atoms. The second kappa shape index (κ2) is 4.67. The summed E-state index contributed by atoms with van der Waals surface area (Å²) in [5, 5.41) is 3.38. The van der Waals surface area contributed by atoms with Crippen LogP contribution < -0.4 is 10.1 Å². The number of ether oxygens (including phenoxy) is 1. The van der Waals surface area contributed by atoms with E-state index in [2.05, 4.69) is 36.3 Å². The van der Waals surface area contributed by atoms with E-state index in [1.54, 1.807) is 7.11 Å². The highest BCUT2D eigenvalue weighted by atomic mass is 16.5. The quantitative estimate of drug-likeness (QED) is 0.894. The van der Waals surface area contributed by atoms with E-state index in [0.29, 0.717) is 0 Å². The predicted octanol–water partition coefficient (Wildman–Crippen LogP) is 2.98. The van der Waals surface area contributed by atoms with Crippen molar-refractivity contribution in [3.63, 3.8) is 0 Å². The van der Waals surface area contributed by atoms with Crippen LogP contribution in [0.2, 0.25) is 0 Å². The van der Waals surface area contributed by atoms with Crippen LogP contribution in [0.4, 0.5) is 0 Å². The molecule has 0 saturated heterocycles. The maximum Gasteiger partial charge on any atom is 0.121 e. The van der Waals surface area contributed by atoms with Crippen molar-refractivity contribution in [3.8, 4) is 17.0 Å². The lowest BCUT2D eigenvalue weighted by Gasteiger charge is -2.11. The first-order valence-corrected chi connectivity index (χ1v) is 6.54. The van der Waals surface area contributed by atoms with E-state index >= 15 is 0 Å². The molecular weight excluding hydrogens is 236 g/mol. The number of rotatable bonds is 2. The molecule has 1 aliphatic rings. The third-order valence-electron chi connectivity index (χ3n) is 3.83. The minimum atomic E-state index is 0.921. The highest BCUT2D eigenvalue weighted by Gasteiger charge is 2.16. The van der Waals surface area contributed by atoms with Gasteiger partial charge in [0.15, 0.2) is 0 Å². The molecule has 3 heteroatoms. The molecule has 0 aliphatic carbocycles. The average Bonchev–Trinajstić information content (AvgIpc) is 2.88. The number of hydrogen-bond acceptors (Lipinski definition) is 3. The van der Waals surface area contributed by atoms with Gasteiger partial charge in [-0.25, -0.2) is 0 Å². The molecule has 0 saturated carbocycles. The minimum Gasteiger partial charge on any atom is -0.496 e. The maximum atomic E-state index is 5.31. The Bertz CT molecular complexity index is 635. The van der Waals surface area contributed by atoms with Gasteiger partial charge in [0.25, 0.3) is 0 Å².